The van der Waals surface area contributed by atoms with Crippen molar-refractivity contribution in [2.45, 2.75) is 20.3 Å². The molecule has 1 aromatic carbocycles. The fourth-order valence-corrected chi connectivity index (χ4v) is 2.07. The third-order valence-corrected chi connectivity index (χ3v) is 3.11. The van der Waals surface area contributed by atoms with Crippen molar-refractivity contribution in [1.82, 2.24) is 5.32 Å². The molecule has 1 aromatic rings. The summed E-state index contributed by atoms with van der Waals surface area (Å²) in [6.07, 6.45) is 2.40. The van der Waals surface area contributed by atoms with Gasteiger partial charge in [0.05, 0.1) is 0 Å². The van der Waals surface area contributed by atoms with E-state index in [1.165, 1.54) is 6.20 Å². The quantitative estimate of drug-likeness (QED) is 0.363. The number of benzene rings is 1. The summed E-state index contributed by atoms with van der Waals surface area (Å²) in [5.74, 6) is -0.393. The van der Waals surface area contributed by atoms with Crippen LogP contribution in [0.1, 0.15) is 18.9 Å². The molecule has 100 valence electrons. The summed E-state index contributed by atoms with van der Waals surface area (Å²) in [6, 6.07) is 7.62. The number of carbonyl (C=O) groups excluding carboxylic acids is 1. The molecule has 0 bridgehead atoms. The number of rotatable bonds is 5. The highest BCUT2D eigenvalue weighted by Gasteiger charge is 2.10. The predicted octanol–water partition coefficient (Wildman–Crippen LogP) is 2.95. The van der Waals surface area contributed by atoms with Gasteiger partial charge in [-0.3, -0.25) is 4.79 Å². The maximum atomic E-state index is 11.9. The maximum Gasteiger partial charge on any atom is 0.267 e. The Kier molecular flexibility index (Phi) is 6.36. The Morgan fingerprint density at radius 2 is 2.26 bits per heavy atom. The number of aryl methyl sites for hydroxylation is 1. The zero-order chi connectivity index (χ0) is 14.3. The summed E-state index contributed by atoms with van der Waals surface area (Å²) in [5, 5.41) is 14.6. The molecule has 0 saturated carbocycles. The van der Waals surface area contributed by atoms with Crippen molar-refractivity contribution in [3.8, 4) is 6.07 Å². The SMILES string of the molecule is CCCN/C=C(/C#N)C(=O)Nc1ccc(I)cc1C. The Bertz CT molecular complexity index is 532. The van der Waals surface area contributed by atoms with Gasteiger partial charge in [-0.05, 0) is 59.7 Å². The number of carbonyl (C=O) groups is 1. The van der Waals surface area contributed by atoms with Crippen LogP contribution in [0.15, 0.2) is 30.0 Å². The second kappa shape index (κ2) is 7.79. The first-order valence-electron chi connectivity index (χ1n) is 5.99. The van der Waals surface area contributed by atoms with Crippen LogP contribution in [0.25, 0.3) is 0 Å². The molecule has 0 saturated heterocycles. The number of hydrogen-bond acceptors (Lipinski definition) is 3. The van der Waals surface area contributed by atoms with Gasteiger partial charge in [0.2, 0.25) is 0 Å². The molecule has 0 aliphatic rings. The Hall–Kier alpha value is -1.55. The van der Waals surface area contributed by atoms with Crippen molar-refractivity contribution in [3.05, 3.63) is 39.1 Å². The van der Waals surface area contributed by atoms with Crippen LogP contribution in [-0.2, 0) is 4.79 Å². The minimum absolute atomic E-state index is 0.0754. The molecule has 1 amide bonds. The van der Waals surface area contributed by atoms with Gasteiger partial charge >= 0.3 is 0 Å². The van der Waals surface area contributed by atoms with Crippen LogP contribution in [-0.4, -0.2) is 12.5 Å². The highest BCUT2D eigenvalue weighted by Crippen LogP contribution is 2.18. The maximum absolute atomic E-state index is 11.9. The van der Waals surface area contributed by atoms with Gasteiger partial charge in [-0.2, -0.15) is 5.26 Å². The molecule has 0 spiro atoms. The van der Waals surface area contributed by atoms with Crippen molar-refractivity contribution in [1.29, 1.82) is 5.26 Å². The van der Waals surface area contributed by atoms with Crippen molar-refractivity contribution in [3.63, 3.8) is 0 Å². The van der Waals surface area contributed by atoms with Gasteiger partial charge in [0.15, 0.2) is 0 Å². The first-order valence-corrected chi connectivity index (χ1v) is 7.07. The summed E-state index contributed by atoms with van der Waals surface area (Å²) < 4.78 is 1.11. The lowest BCUT2D eigenvalue weighted by atomic mass is 10.2. The predicted molar refractivity (Wildman–Crippen MR) is 84.5 cm³/mol. The average molecular weight is 369 g/mol. The fraction of sp³-hybridized carbons (Fsp3) is 0.286. The van der Waals surface area contributed by atoms with Crippen LogP contribution >= 0.6 is 22.6 Å². The normalized spacial score (nSPS) is 10.7. The van der Waals surface area contributed by atoms with Crippen molar-refractivity contribution >= 4 is 34.2 Å². The highest BCUT2D eigenvalue weighted by molar-refractivity contribution is 14.1. The third kappa shape index (κ3) is 4.91. The topological polar surface area (TPSA) is 64.9 Å². The van der Waals surface area contributed by atoms with Gasteiger partial charge in [-0.1, -0.05) is 6.92 Å². The van der Waals surface area contributed by atoms with Crippen LogP contribution in [0.3, 0.4) is 0 Å². The summed E-state index contributed by atoms with van der Waals surface area (Å²) in [4.78, 5) is 11.9. The van der Waals surface area contributed by atoms with E-state index < -0.39 is 5.91 Å². The lowest BCUT2D eigenvalue weighted by Gasteiger charge is -2.08. The minimum atomic E-state index is -0.393. The number of nitriles is 1. The van der Waals surface area contributed by atoms with Gasteiger partial charge in [-0.25, -0.2) is 0 Å². The molecule has 0 heterocycles. The molecule has 5 heteroatoms. The minimum Gasteiger partial charge on any atom is -0.390 e. The molecule has 0 radical (unpaired) electrons. The number of nitrogens with one attached hydrogen (secondary N) is 2. The molecular formula is C14H16IN3O. The van der Waals surface area contributed by atoms with E-state index in [1.54, 1.807) is 0 Å². The standard InChI is InChI=1S/C14H16IN3O/c1-3-6-17-9-11(8-16)14(19)18-13-5-4-12(15)7-10(13)2/h4-5,7,9,17H,3,6H2,1-2H3,(H,18,19)/b11-9-. The van der Waals surface area contributed by atoms with Gasteiger partial charge in [0.25, 0.3) is 5.91 Å². The lowest BCUT2D eigenvalue weighted by Crippen LogP contribution is -2.17. The first-order chi connectivity index (χ1) is 9.08. The summed E-state index contributed by atoms with van der Waals surface area (Å²) in [7, 11) is 0. The number of anilines is 1. The molecule has 0 atom stereocenters. The van der Waals surface area contributed by atoms with Crippen LogP contribution < -0.4 is 10.6 Å². The molecule has 0 unspecified atom stereocenters. The number of nitrogens with zero attached hydrogens (tertiary/aromatic N) is 1. The van der Waals surface area contributed by atoms with Crippen LogP contribution in [0, 0.1) is 21.8 Å². The molecule has 0 fully saturated rings. The van der Waals surface area contributed by atoms with E-state index in [0.29, 0.717) is 0 Å². The zero-order valence-corrected chi connectivity index (χ0v) is 13.1. The largest absolute Gasteiger partial charge is 0.390 e. The fourth-order valence-electron chi connectivity index (χ4n) is 1.42. The van der Waals surface area contributed by atoms with E-state index in [9.17, 15) is 4.79 Å². The lowest BCUT2D eigenvalue weighted by molar-refractivity contribution is -0.112. The second-order valence-electron chi connectivity index (χ2n) is 4.04. The summed E-state index contributed by atoms with van der Waals surface area (Å²) in [5.41, 5.74) is 1.77. The van der Waals surface area contributed by atoms with E-state index in [1.807, 2.05) is 38.1 Å². The number of amides is 1. The van der Waals surface area contributed by atoms with Crippen molar-refractivity contribution < 1.29 is 4.79 Å². The third-order valence-electron chi connectivity index (χ3n) is 2.44. The molecule has 4 nitrogen and oxygen atoms in total. The van der Waals surface area contributed by atoms with E-state index in [-0.39, 0.29) is 5.57 Å². The number of hydrogen-bond donors (Lipinski definition) is 2. The van der Waals surface area contributed by atoms with Crippen LogP contribution in [0.4, 0.5) is 5.69 Å². The van der Waals surface area contributed by atoms with E-state index in [2.05, 4.69) is 33.2 Å². The zero-order valence-electron chi connectivity index (χ0n) is 11.0. The molecule has 0 aliphatic heterocycles. The van der Waals surface area contributed by atoms with E-state index in [4.69, 9.17) is 5.26 Å². The Morgan fingerprint density at radius 1 is 1.53 bits per heavy atom. The molecule has 0 aromatic heterocycles. The van der Waals surface area contributed by atoms with Crippen molar-refractivity contribution in [2.75, 3.05) is 11.9 Å². The molecule has 1 rings (SSSR count). The first kappa shape index (κ1) is 15.5. The second-order valence-corrected chi connectivity index (χ2v) is 5.28. The van der Waals surface area contributed by atoms with E-state index in [0.717, 1.165) is 27.8 Å². The van der Waals surface area contributed by atoms with Gasteiger partial charge in [0.1, 0.15) is 11.6 Å². The molecule has 19 heavy (non-hydrogen) atoms. The summed E-state index contributed by atoms with van der Waals surface area (Å²) in [6.45, 7) is 4.67. The monoisotopic (exact) mass is 369 g/mol. The van der Waals surface area contributed by atoms with Gasteiger partial charge < -0.3 is 10.6 Å². The molecule has 2 N–H and O–H groups in total. The molecule has 0 aliphatic carbocycles. The average Bonchev–Trinajstić information content (AvgIpc) is 2.38. The van der Waals surface area contributed by atoms with Gasteiger partial charge in [0, 0.05) is 22.0 Å². The molecular weight excluding hydrogens is 353 g/mol. The Labute approximate surface area is 127 Å². The Balaban J connectivity index is 2.77. The summed E-state index contributed by atoms with van der Waals surface area (Å²) >= 11 is 2.21. The van der Waals surface area contributed by atoms with Crippen LogP contribution in [0.2, 0.25) is 0 Å². The highest BCUT2D eigenvalue weighted by atomic mass is 127. The van der Waals surface area contributed by atoms with Crippen LogP contribution in [0.5, 0.6) is 0 Å². The van der Waals surface area contributed by atoms with Gasteiger partial charge in [-0.15, -0.1) is 0 Å². The van der Waals surface area contributed by atoms with E-state index >= 15 is 0 Å². The smallest absolute Gasteiger partial charge is 0.267 e. The van der Waals surface area contributed by atoms with Crippen molar-refractivity contribution in [2.24, 2.45) is 0 Å². The number of halogens is 1. The Morgan fingerprint density at radius 3 is 2.84 bits per heavy atom.